The zero-order chi connectivity index (χ0) is 15.2. The third-order valence-electron chi connectivity index (χ3n) is 2.94. The van der Waals surface area contributed by atoms with Crippen molar-refractivity contribution in [3.05, 3.63) is 45.7 Å². The van der Waals surface area contributed by atoms with Crippen LogP contribution in [0.1, 0.15) is 22.8 Å². The zero-order valence-electron chi connectivity index (χ0n) is 11.7. The van der Waals surface area contributed by atoms with Crippen LogP contribution in [0.2, 0.25) is 0 Å². The fourth-order valence-corrected chi connectivity index (χ4v) is 1.97. The smallest absolute Gasteiger partial charge is 0.343 e. The summed E-state index contributed by atoms with van der Waals surface area (Å²) in [5.74, 6) is -0.636. The molecule has 0 aliphatic carbocycles. The van der Waals surface area contributed by atoms with Crippen molar-refractivity contribution in [2.45, 2.75) is 13.5 Å². The number of hydrogen-bond acceptors (Lipinski definition) is 5. The maximum absolute atomic E-state index is 12.3. The van der Waals surface area contributed by atoms with Gasteiger partial charge >= 0.3 is 5.97 Å². The van der Waals surface area contributed by atoms with Crippen LogP contribution in [0, 0.1) is 0 Å². The average molecular weight is 291 g/mol. The minimum absolute atomic E-state index is 0.0159. The Bertz CT molecular complexity index is 692. The Hall–Kier alpha value is -2.18. The van der Waals surface area contributed by atoms with Crippen LogP contribution >= 0.6 is 0 Å². The molecule has 112 valence electrons. The SMILES string of the molecule is CCOC(=O)c1c[nH]c2ccc(COCCO)cc2c1=O. The number of carbonyl (C=O) groups is 1. The lowest BCUT2D eigenvalue weighted by Gasteiger charge is -2.06. The van der Waals surface area contributed by atoms with E-state index < -0.39 is 5.97 Å². The molecule has 1 aromatic carbocycles. The van der Waals surface area contributed by atoms with Crippen molar-refractivity contribution >= 4 is 16.9 Å². The molecule has 0 aliphatic rings. The second kappa shape index (κ2) is 7.01. The van der Waals surface area contributed by atoms with Gasteiger partial charge < -0.3 is 19.6 Å². The van der Waals surface area contributed by atoms with Crippen molar-refractivity contribution in [3.63, 3.8) is 0 Å². The molecule has 2 aromatic rings. The first-order valence-corrected chi connectivity index (χ1v) is 6.67. The minimum Gasteiger partial charge on any atom is -0.462 e. The summed E-state index contributed by atoms with van der Waals surface area (Å²) in [5.41, 5.74) is 1.05. The summed E-state index contributed by atoms with van der Waals surface area (Å²) in [6.07, 6.45) is 1.37. The van der Waals surface area contributed by atoms with Crippen LogP contribution < -0.4 is 5.43 Å². The molecule has 21 heavy (non-hydrogen) atoms. The molecule has 0 saturated carbocycles. The molecule has 0 amide bonds. The number of aliphatic hydroxyl groups excluding tert-OH is 1. The highest BCUT2D eigenvalue weighted by molar-refractivity contribution is 5.93. The van der Waals surface area contributed by atoms with Gasteiger partial charge in [0, 0.05) is 17.1 Å². The van der Waals surface area contributed by atoms with Crippen molar-refractivity contribution in [2.24, 2.45) is 0 Å². The second-order valence-electron chi connectivity index (χ2n) is 4.41. The average Bonchev–Trinajstić information content (AvgIpc) is 2.48. The lowest BCUT2D eigenvalue weighted by Crippen LogP contribution is -2.18. The van der Waals surface area contributed by atoms with Crippen LogP contribution in [-0.4, -0.2) is 35.9 Å². The number of nitrogens with one attached hydrogen (secondary N) is 1. The van der Waals surface area contributed by atoms with Crippen LogP contribution in [0.5, 0.6) is 0 Å². The molecule has 6 heteroatoms. The highest BCUT2D eigenvalue weighted by Gasteiger charge is 2.14. The molecule has 0 atom stereocenters. The lowest BCUT2D eigenvalue weighted by atomic mass is 10.1. The zero-order valence-corrected chi connectivity index (χ0v) is 11.7. The van der Waals surface area contributed by atoms with Gasteiger partial charge in [0.25, 0.3) is 0 Å². The van der Waals surface area contributed by atoms with Crippen molar-refractivity contribution in [2.75, 3.05) is 19.8 Å². The summed E-state index contributed by atoms with van der Waals surface area (Å²) >= 11 is 0. The van der Waals surface area contributed by atoms with Gasteiger partial charge in [0.05, 0.1) is 26.4 Å². The predicted octanol–water partition coefficient (Wildman–Crippen LogP) is 1.21. The van der Waals surface area contributed by atoms with Crippen molar-refractivity contribution < 1.29 is 19.4 Å². The second-order valence-corrected chi connectivity index (χ2v) is 4.41. The Morgan fingerprint density at radius 1 is 1.38 bits per heavy atom. The maximum Gasteiger partial charge on any atom is 0.343 e. The van der Waals surface area contributed by atoms with E-state index in [-0.39, 0.29) is 30.8 Å². The summed E-state index contributed by atoms with van der Waals surface area (Å²) in [6, 6.07) is 5.25. The largest absolute Gasteiger partial charge is 0.462 e. The molecule has 2 rings (SSSR count). The van der Waals surface area contributed by atoms with Gasteiger partial charge in [0.15, 0.2) is 0 Å². The van der Waals surface area contributed by atoms with Crippen molar-refractivity contribution in [1.29, 1.82) is 0 Å². The summed E-state index contributed by atoms with van der Waals surface area (Å²) in [5, 5.41) is 9.08. The van der Waals surface area contributed by atoms with Gasteiger partial charge in [0.2, 0.25) is 5.43 Å². The molecule has 1 aromatic heterocycles. The highest BCUT2D eigenvalue weighted by atomic mass is 16.5. The van der Waals surface area contributed by atoms with Crippen molar-refractivity contribution in [1.82, 2.24) is 4.98 Å². The number of pyridine rings is 1. The van der Waals surface area contributed by atoms with E-state index in [4.69, 9.17) is 14.6 Å². The number of H-pyrrole nitrogens is 1. The van der Waals surface area contributed by atoms with E-state index >= 15 is 0 Å². The number of aromatic amines is 1. The van der Waals surface area contributed by atoms with Gasteiger partial charge in [-0.1, -0.05) is 6.07 Å². The number of fused-ring (bicyclic) bond motifs is 1. The number of aromatic nitrogens is 1. The Kier molecular flexibility index (Phi) is 5.08. The number of aliphatic hydroxyl groups is 1. The number of esters is 1. The summed E-state index contributed by atoms with van der Waals surface area (Å²) < 4.78 is 10.1. The molecule has 0 spiro atoms. The third kappa shape index (κ3) is 3.48. The monoisotopic (exact) mass is 291 g/mol. The van der Waals surface area contributed by atoms with E-state index in [1.54, 1.807) is 19.1 Å². The van der Waals surface area contributed by atoms with Crippen LogP contribution in [0.4, 0.5) is 0 Å². The standard InChI is InChI=1S/C15H17NO5/c1-2-21-15(19)12-8-16-13-4-3-10(9-20-6-5-17)7-11(13)14(12)18/h3-4,7-8,17H,2,5-6,9H2,1H3,(H,16,18). The first-order valence-electron chi connectivity index (χ1n) is 6.67. The van der Waals surface area contributed by atoms with Crippen LogP contribution in [0.3, 0.4) is 0 Å². The Morgan fingerprint density at radius 3 is 2.90 bits per heavy atom. The van der Waals surface area contributed by atoms with Crippen LogP contribution in [-0.2, 0) is 16.1 Å². The number of carbonyl (C=O) groups excluding carboxylic acids is 1. The van der Waals surface area contributed by atoms with Gasteiger partial charge in [-0.2, -0.15) is 0 Å². The molecule has 2 N–H and O–H groups in total. The molecule has 0 fully saturated rings. The van der Waals surface area contributed by atoms with E-state index in [1.807, 2.05) is 6.07 Å². The van der Waals surface area contributed by atoms with Crippen molar-refractivity contribution in [3.8, 4) is 0 Å². The minimum atomic E-state index is -0.636. The quantitative estimate of drug-likeness (QED) is 0.617. The Labute approximate surface area is 121 Å². The topological polar surface area (TPSA) is 88.6 Å². The molecular formula is C15H17NO5. The Morgan fingerprint density at radius 2 is 2.19 bits per heavy atom. The van der Waals surface area contributed by atoms with Gasteiger partial charge in [-0.3, -0.25) is 4.79 Å². The fraction of sp³-hybridized carbons (Fsp3) is 0.333. The number of ether oxygens (including phenoxy) is 2. The number of benzene rings is 1. The molecule has 0 bridgehead atoms. The van der Waals surface area contributed by atoms with Crippen LogP contribution in [0.15, 0.2) is 29.2 Å². The lowest BCUT2D eigenvalue weighted by molar-refractivity contribution is 0.0524. The van der Waals surface area contributed by atoms with E-state index in [2.05, 4.69) is 4.98 Å². The summed E-state index contributed by atoms with van der Waals surface area (Å²) in [7, 11) is 0. The third-order valence-corrected chi connectivity index (χ3v) is 2.94. The normalized spacial score (nSPS) is 10.8. The number of hydrogen-bond donors (Lipinski definition) is 2. The molecule has 6 nitrogen and oxygen atoms in total. The molecule has 0 saturated heterocycles. The predicted molar refractivity (Wildman–Crippen MR) is 77.3 cm³/mol. The fourth-order valence-electron chi connectivity index (χ4n) is 1.97. The first-order chi connectivity index (χ1) is 10.2. The van der Waals surface area contributed by atoms with Crippen LogP contribution in [0.25, 0.3) is 10.9 Å². The van der Waals surface area contributed by atoms with E-state index in [0.29, 0.717) is 17.5 Å². The van der Waals surface area contributed by atoms with Gasteiger partial charge in [0.1, 0.15) is 5.56 Å². The number of rotatable bonds is 6. The van der Waals surface area contributed by atoms with E-state index in [0.717, 1.165) is 5.56 Å². The summed E-state index contributed by atoms with van der Waals surface area (Å²) in [4.78, 5) is 26.9. The Balaban J connectivity index is 2.37. The molecule has 0 radical (unpaired) electrons. The van der Waals surface area contributed by atoms with Gasteiger partial charge in [-0.25, -0.2) is 4.79 Å². The molecule has 0 aliphatic heterocycles. The molecule has 0 unspecified atom stereocenters. The highest BCUT2D eigenvalue weighted by Crippen LogP contribution is 2.12. The van der Waals surface area contributed by atoms with Gasteiger partial charge in [-0.05, 0) is 24.6 Å². The van der Waals surface area contributed by atoms with Gasteiger partial charge in [-0.15, -0.1) is 0 Å². The maximum atomic E-state index is 12.3. The van der Waals surface area contributed by atoms with E-state index in [9.17, 15) is 9.59 Å². The summed E-state index contributed by atoms with van der Waals surface area (Å²) in [6.45, 7) is 2.37. The first kappa shape index (κ1) is 15.2. The molecular weight excluding hydrogens is 274 g/mol. The molecule has 1 heterocycles. The van der Waals surface area contributed by atoms with E-state index in [1.165, 1.54) is 6.20 Å².